The number of nitrogens with one attached hydrogen (secondary N) is 1. The van der Waals surface area contributed by atoms with Gasteiger partial charge in [0.15, 0.2) is 11.5 Å². The molecule has 23 heavy (non-hydrogen) atoms. The summed E-state index contributed by atoms with van der Waals surface area (Å²) in [6.45, 7) is 7.90. The lowest BCUT2D eigenvalue weighted by atomic mass is 10.1. The number of benzene rings is 1. The quantitative estimate of drug-likeness (QED) is 0.899. The smallest absolute Gasteiger partial charge is 0.241 e. The molecule has 0 bridgehead atoms. The molecule has 128 valence electrons. The van der Waals surface area contributed by atoms with Gasteiger partial charge < -0.3 is 14.4 Å². The van der Waals surface area contributed by atoms with Crippen LogP contribution in [0.15, 0.2) is 23.1 Å². The third kappa shape index (κ3) is 3.62. The first-order chi connectivity index (χ1) is 11.0. The molecule has 2 aliphatic heterocycles. The molecular formula is C16H24N2O4S. The third-order valence-corrected chi connectivity index (χ3v) is 5.96. The number of likely N-dealkylation sites (N-methyl/N-ethyl adjacent to an activating group) is 1. The van der Waals surface area contributed by atoms with Crippen LogP contribution >= 0.6 is 0 Å². The SMILES string of the molecule is CCN1CC(C)C(NS(=O)(=O)c2ccc3c(c2)OCCCO3)C1. The standard InChI is InChI=1S/C16H24N2O4S/c1-3-18-10-12(2)14(11-18)17-23(19,20)13-5-6-15-16(9-13)22-8-4-7-21-15/h5-6,9,12,14,17H,3-4,7-8,10-11H2,1-2H3. The van der Waals surface area contributed by atoms with E-state index in [0.29, 0.717) is 30.6 Å². The van der Waals surface area contributed by atoms with E-state index in [-0.39, 0.29) is 10.9 Å². The Kier molecular flexibility index (Phi) is 4.79. The molecule has 1 fully saturated rings. The molecule has 6 nitrogen and oxygen atoms in total. The first-order valence-corrected chi connectivity index (χ1v) is 9.62. The van der Waals surface area contributed by atoms with Crippen LogP contribution in [0, 0.1) is 5.92 Å². The highest BCUT2D eigenvalue weighted by molar-refractivity contribution is 7.89. The Morgan fingerprint density at radius 3 is 2.65 bits per heavy atom. The number of fused-ring (bicyclic) bond motifs is 1. The Morgan fingerprint density at radius 1 is 1.22 bits per heavy atom. The molecule has 2 heterocycles. The van der Waals surface area contributed by atoms with E-state index in [1.54, 1.807) is 18.2 Å². The van der Waals surface area contributed by atoms with E-state index in [9.17, 15) is 8.42 Å². The van der Waals surface area contributed by atoms with Gasteiger partial charge in [-0.3, -0.25) is 0 Å². The van der Waals surface area contributed by atoms with Gasteiger partial charge in [0.1, 0.15) is 0 Å². The van der Waals surface area contributed by atoms with Gasteiger partial charge >= 0.3 is 0 Å². The monoisotopic (exact) mass is 340 g/mol. The van der Waals surface area contributed by atoms with E-state index < -0.39 is 10.0 Å². The molecular weight excluding hydrogens is 316 g/mol. The van der Waals surface area contributed by atoms with E-state index in [1.165, 1.54) is 0 Å². The molecule has 3 rings (SSSR count). The first kappa shape index (κ1) is 16.5. The van der Waals surface area contributed by atoms with Gasteiger partial charge in [-0.1, -0.05) is 13.8 Å². The number of sulfonamides is 1. The zero-order valence-electron chi connectivity index (χ0n) is 13.6. The van der Waals surface area contributed by atoms with Gasteiger partial charge in [-0.05, 0) is 24.6 Å². The summed E-state index contributed by atoms with van der Waals surface area (Å²) in [6.07, 6.45) is 0.793. The van der Waals surface area contributed by atoms with Crippen LogP contribution < -0.4 is 14.2 Å². The Hall–Kier alpha value is -1.31. The van der Waals surface area contributed by atoms with Gasteiger partial charge in [0, 0.05) is 31.6 Å². The summed E-state index contributed by atoms with van der Waals surface area (Å²) in [5.74, 6) is 1.40. The fraction of sp³-hybridized carbons (Fsp3) is 0.625. The van der Waals surface area contributed by atoms with Crippen LogP contribution in [0.1, 0.15) is 20.3 Å². The second kappa shape index (κ2) is 6.67. The molecule has 1 aromatic carbocycles. The minimum Gasteiger partial charge on any atom is -0.490 e. The topological polar surface area (TPSA) is 67.9 Å². The summed E-state index contributed by atoms with van der Waals surface area (Å²) < 4.78 is 39.3. The fourth-order valence-corrected chi connectivity index (χ4v) is 4.41. The average Bonchev–Trinajstić information content (AvgIpc) is 2.74. The van der Waals surface area contributed by atoms with Crippen molar-refractivity contribution in [3.05, 3.63) is 18.2 Å². The maximum atomic E-state index is 12.7. The van der Waals surface area contributed by atoms with Crippen molar-refractivity contribution in [1.82, 2.24) is 9.62 Å². The van der Waals surface area contributed by atoms with Crippen LogP contribution in [-0.2, 0) is 10.0 Å². The van der Waals surface area contributed by atoms with E-state index >= 15 is 0 Å². The van der Waals surface area contributed by atoms with Crippen molar-refractivity contribution in [1.29, 1.82) is 0 Å². The van der Waals surface area contributed by atoms with Gasteiger partial charge in [0.25, 0.3) is 0 Å². The Labute approximate surface area is 137 Å². The molecule has 0 aromatic heterocycles. The van der Waals surface area contributed by atoms with Crippen molar-refractivity contribution >= 4 is 10.0 Å². The van der Waals surface area contributed by atoms with E-state index in [0.717, 1.165) is 26.1 Å². The van der Waals surface area contributed by atoms with Crippen LogP contribution in [0.2, 0.25) is 0 Å². The molecule has 0 aliphatic carbocycles. The summed E-state index contributed by atoms with van der Waals surface area (Å²) in [6, 6.07) is 4.75. The Morgan fingerprint density at radius 2 is 1.96 bits per heavy atom. The van der Waals surface area contributed by atoms with Gasteiger partial charge in [0.2, 0.25) is 10.0 Å². The highest BCUT2D eigenvalue weighted by Gasteiger charge is 2.32. The van der Waals surface area contributed by atoms with Crippen molar-refractivity contribution in [2.45, 2.75) is 31.2 Å². The highest BCUT2D eigenvalue weighted by atomic mass is 32.2. The highest BCUT2D eigenvalue weighted by Crippen LogP contribution is 2.32. The molecule has 2 atom stereocenters. The molecule has 7 heteroatoms. The van der Waals surface area contributed by atoms with Crippen molar-refractivity contribution in [3.63, 3.8) is 0 Å². The lowest BCUT2D eigenvalue weighted by Gasteiger charge is -2.17. The summed E-state index contributed by atoms with van der Waals surface area (Å²) >= 11 is 0. The normalized spacial score (nSPS) is 25.3. The van der Waals surface area contributed by atoms with Gasteiger partial charge in [-0.25, -0.2) is 13.1 Å². The molecule has 2 aliphatic rings. The molecule has 1 aromatic rings. The average molecular weight is 340 g/mol. The zero-order chi connectivity index (χ0) is 16.4. The molecule has 0 radical (unpaired) electrons. The first-order valence-electron chi connectivity index (χ1n) is 8.14. The van der Waals surface area contributed by atoms with Crippen molar-refractivity contribution in [3.8, 4) is 11.5 Å². The molecule has 1 N–H and O–H groups in total. The largest absolute Gasteiger partial charge is 0.490 e. The van der Waals surface area contributed by atoms with E-state index in [2.05, 4.69) is 23.5 Å². The summed E-state index contributed by atoms with van der Waals surface area (Å²) in [4.78, 5) is 2.48. The van der Waals surface area contributed by atoms with Crippen LogP contribution in [0.3, 0.4) is 0 Å². The number of hydrogen-bond donors (Lipinski definition) is 1. The minimum atomic E-state index is -3.57. The van der Waals surface area contributed by atoms with Crippen LogP contribution in [0.25, 0.3) is 0 Å². The van der Waals surface area contributed by atoms with Crippen LogP contribution in [0.5, 0.6) is 11.5 Å². The van der Waals surface area contributed by atoms with Gasteiger partial charge in [0.05, 0.1) is 18.1 Å². The number of likely N-dealkylation sites (tertiary alicyclic amines) is 1. The van der Waals surface area contributed by atoms with Gasteiger partial charge in [-0.15, -0.1) is 0 Å². The number of rotatable bonds is 4. The predicted octanol–water partition coefficient (Wildman–Crippen LogP) is 1.47. The lowest BCUT2D eigenvalue weighted by molar-refractivity contribution is 0.297. The number of hydrogen-bond acceptors (Lipinski definition) is 5. The van der Waals surface area contributed by atoms with Crippen LogP contribution in [0.4, 0.5) is 0 Å². The second-order valence-electron chi connectivity index (χ2n) is 6.22. The molecule has 0 amide bonds. The second-order valence-corrected chi connectivity index (χ2v) is 7.93. The maximum absolute atomic E-state index is 12.7. The van der Waals surface area contributed by atoms with Crippen molar-refractivity contribution in [2.75, 3.05) is 32.8 Å². The van der Waals surface area contributed by atoms with E-state index in [1.807, 2.05) is 0 Å². The van der Waals surface area contributed by atoms with Crippen LogP contribution in [-0.4, -0.2) is 52.2 Å². The predicted molar refractivity (Wildman–Crippen MR) is 87.4 cm³/mol. The molecule has 0 saturated carbocycles. The minimum absolute atomic E-state index is 0.0593. The Bertz CT molecular complexity index is 662. The lowest BCUT2D eigenvalue weighted by Crippen LogP contribution is -2.39. The molecule has 2 unspecified atom stereocenters. The third-order valence-electron chi connectivity index (χ3n) is 4.47. The Balaban J connectivity index is 1.79. The molecule has 0 spiro atoms. The molecule has 1 saturated heterocycles. The summed E-state index contributed by atoms with van der Waals surface area (Å²) in [5, 5.41) is 0. The van der Waals surface area contributed by atoms with Crippen molar-refractivity contribution < 1.29 is 17.9 Å². The van der Waals surface area contributed by atoms with E-state index in [4.69, 9.17) is 9.47 Å². The van der Waals surface area contributed by atoms with Crippen molar-refractivity contribution in [2.24, 2.45) is 5.92 Å². The zero-order valence-corrected chi connectivity index (χ0v) is 14.4. The summed E-state index contributed by atoms with van der Waals surface area (Å²) in [5.41, 5.74) is 0. The summed E-state index contributed by atoms with van der Waals surface area (Å²) in [7, 11) is -3.57. The maximum Gasteiger partial charge on any atom is 0.241 e. The number of ether oxygens (including phenoxy) is 2. The van der Waals surface area contributed by atoms with Gasteiger partial charge in [-0.2, -0.15) is 0 Å². The fourth-order valence-electron chi connectivity index (χ4n) is 3.06. The number of nitrogens with zero attached hydrogens (tertiary/aromatic N) is 1.